The first-order valence-electron chi connectivity index (χ1n) is 10.8. The molecule has 2 heterocycles. The average molecular weight is 399 g/mol. The summed E-state index contributed by atoms with van der Waals surface area (Å²) in [5, 5.41) is 4.83. The maximum Gasteiger partial charge on any atom is 0.223 e. The number of halogens is 1. The van der Waals surface area contributed by atoms with Gasteiger partial charge in [0.2, 0.25) is 5.91 Å². The third-order valence-electron chi connectivity index (χ3n) is 6.33. The number of benzene rings is 1. The van der Waals surface area contributed by atoms with Crippen molar-refractivity contribution < 1.29 is 9.18 Å². The van der Waals surface area contributed by atoms with Gasteiger partial charge in [-0.15, -0.1) is 0 Å². The Labute approximate surface area is 172 Å². The molecule has 4 rings (SSSR count). The van der Waals surface area contributed by atoms with Crippen molar-refractivity contribution in [1.82, 2.24) is 14.7 Å². The fourth-order valence-electron chi connectivity index (χ4n) is 4.69. The number of nitrogens with zero attached hydrogens (tertiary/aromatic N) is 4. The second-order valence-electron chi connectivity index (χ2n) is 8.70. The highest BCUT2D eigenvalue weighted by Gasteiger charge is 2.29. The van der Waals surface area contributed by atoms with Gasteiger partial charge in [-0.25, -0.2) is 4.39 Å². The average Bonchev–Trinajstić information content (AvgIpc) is 3.08. The molecule has 1 amide bonds. The van der Waals surface area contributed by atoms with E-state index in [0.29, 0.717) is 25.4 Å². The van der Waals surface area contributed by atoms with Crippen LogP contribution < -0.4 is 4.90 Å². The molecule has 1 fully saturated rings. The van der Waals surface area contributed by atoms with Gasteiger partial charge in [0.25, 0.3) is 0 Å². The van der Waals surface area contributed by atoms with Crippen molar-refractivity contribution in [2.24, 2.45) is 5.92 Å². The van der Waals surface area contributed by atoms with E-state index < -0.39 is 0 Å². The van der Waals surface area contributed by atoms with Gasteiger partial charge in [-0.1, -0.05) is 31.4 Å². The number of aromatic nitrogens is 2. The van der Waals surface area contributed by atoms with Gasteiger partial charge in [0.1, 0.15) is 5.82 Å². The number of hydrogen-bond donors (Lipinski definition) is 0. The summed E-state index contributed by atoms with van der Waals surface area (Å²) in [6.07, 6.45) is 7.74. The molecule has 1 aromatic carbocycles. The Balaban J connectivity index is 1.53. The van der Waals surface area contributed by atoms with E-state index in [1.807, 2.05) is 28.6 Å². The SMILES string of the molecule is CN(C)c1nn(Cc2ccc(F)cc2)c2c1CCN(C(=O)CC1CCCCC1)C2. The van der Waals surface area contributed by atoms with E-state index in [1.165, 1.54) is 49.8 Å². The van der Waals surface area contributed by atoms with Gasteiger partial charge in [0.15, 0.2) is 5.82 Å². The number of carbonyl (C=O) groups is 1. The molecule has 6 heteroatoms. The second kappa shape index (κ2) is 8.56. The molecule has 5 nitrogen and oxygen atoms in total. The van der Waals surface area contributed by atoms with E-state index in [2.05, 4.69) is 0 Å². The Morgan fingerprint density at radius 3 is 2.59 bits per heavy atom. The largest absolute Gasteiger partial charge is 0.361 e. The molecule has 0 bridgehead atoms. The van der Waals surface area contributed by atoms with Crippen LogP contribution >= 0.6 is 0 Å². The van der Waals surface area contributed by atoms with Crippen molar-refractivity contribution in [3.63, 3.8) is 0 Å². The van der Waals surface area contributed by atoms with Crippen molar-refractivity contribution in [2.75, 3.05) is 25.5 Å². The van der Waals surface area contributed by atoms with E-state index in [4.69, 9.17) is 5.10 Å². The Hall–Kier alpha value is -2.37. The summed E-state index contributed by atoms with van der Waals surface area (Å²) < 4.78 is 15.3. The maximum absolute atomic E-state index is 13.3. The minimum Gasteiger partial charge on any atom is -0.361 e. The summed E-state index contributed by atoms with van der Waals surface area (Å²) in [6.45, 7) is 1.96. The van der Waals surface area contributed by atoms with Crippen LogP contribution in [0, 0.1) is 11.7 Å². The van der Waals surface area contributed by atoms with Crippen LogP contribution in [-0.4, -0.2) is 41.2 Å². The highest BCUT2D eigenvalue weighted by molar-refractivity contribution is 5.77. The van der Waals surface area contributed by atoms with Crippen LogP contribution in [0.5, 0.6) is 0 Å². The molecule has 0 radical (unpaired) electrons. The molecule has 1 saturated carbocycles. The number of fused-ring (bicyclic) bond motifs is 1. The Bertz CT molecular complexity index is 853. The Morgan fingerprint density at radius 2 is 1.90 bits per heavy atom. The quantitative estimate of drug-likeness (QED) is 0.765. The first kappa shape index (κ1) is 19.9. The molecule has 0 unspecified atom stereocenters. The van der Waals surface area contributed by atoms with Crippen LogP contribution in [0.25, 0.3) is 0 Å². The number of rotatable bonds is 5. The molecular formula is C23H31FN4O. The summed E-state index contributed by atoms with van der Waals surface area (Å²) in [5.41, 5.74) is 3.35. The lowest BCUT2D eigenvalue weighted by atomic mass is 9.86. The lowest BCUT2D eigenvalue weighted by Crippen LogP contribution is -2.38. The molecule has 29 heavy (non-hydrogen) atoms. The lowest BCUT2D eigenvalue weighted by molar-refractivity contribution is -0.133. The van der Waals surface area contributed by atoms with E-state index in [-0.39, 0.29) is 11.7 Å². The monoisotopic (exact) mass is 398 g/mol. The second-order valence-corrected chi connectivity index (χ2v) is 8.70. The first-order valence-corrected chi connectivity index (χ1v) is 10.8. The summed E-state index contributed by atoms with van der Waals surface area (Å²) in [7, 11) is 4.01. The van der Waals surface area contributed by atoms with Crippen LogP contribution in [0.4, 0.5) is 10.2 Å². The van der Waals surface area contributed by atoms with Crippen LogP contribution in [0.2, 0.25) is 0 Å². The van der Waals surface area contributed by atoms with E-state index in [9.17, 15) is 9.18 Å². The van der Waals surface area contributed by atoms with E-state index in [1.54, 1.807) is 12.1 Å². The van der Waals surface area contributed by atoms with E-state index >= 15 is 0 Å². The standard InChI is InChI=1S/C23H31FN4O/c1-26(2)23-20-12-13-27(22(29)14-17-6-4-3-5-7-17)16-21(20)28(25-23)15-18-8-10-19(24)11-9-18/h8-11,17H,3-7,12-16H2,1-2H3. The molecule has 2 aromatic rings. The van der Waals surface area contributed by atoms with Crippen molar-refractivity contribution in [3.05, 3.63) is 46.9 Å². The smallest absolute Gasteiger partial charge is 0.223 e. The van der Waals surface area contributed by atoms with Crippen molar-refractivity contribution in [2.45, 2.75) is 58.0 Å². The summed E-state index contributed by atoms with van der Waals surface area (Å²) in [4.78, 5) is 17.0. The summed E-state index contributed by atoms with van der Waals surface area (Å²) >= 11 is 0. The van der Waals surface area contributed by atoms with E-state index in [0.717, 1.165) is 30.0 Å². The Morgan fingerprint density at radius 1 is 1.17 bits per heavy atom. The van der Waals surface area contributed by atoms with Crippen LogP contribution in [0.3, 0.4) is 0 Å². The third-order valence-corrected chi connectivity index (χ3v) is 6.33. The zero-order chi connectivity index (χ0) is 20.4. The molecule has 0 atom stereocenters. The van der Waals surface area contributed by atoms with Crippen LogP contribution in [-0.2, 0) is 24.3 Å². The topological polar surface area (TPSA) is 41.4 Å². The lowest BCUT2D eigenvalue weighted by Gasteiger charge is -2.30. The van der Waals surface area contributed by atoms with Gasteiger partial charge < -0.3 is 9.80 Å². The fourth-order valence-corrected chi connectivity index (χ4v) is 4.69. The zero-order valence-corrected chi connectivity index (χ0v) is 17.5. The normalized spacial score (nSPS) is 17.3. The van der Waals surface area contributed by atoms with Gasteiger partial charge in [-0.05, 0) is 42.9 Å². The summed E-state index contributed by atoms with van der Waals surface area (Å²) in [6, 6.07) is 6.57. The maximum atomic E-state index is 13.3. The molecule has 156 valence electrons. The van der Waals surface area contributed by atoms with Gasteiger partial charge in [0.05, 0.1) is 18.8 Å². The number of carbonyl (C=O) groups excluding carboxylic acids is 1. The highest BCUT2D eigenvalue weighted by Crippen LogP contribution is 2.31. The number of anilines is 1. The van der Waals surface area contributed by atoms with Crippen molar-refractivity contribution in [1.29, 1.82) is 0 Å². The zero-order valence-electron chi connectivity index (χ0n) is 17.5. The molecule has 0 saturated heterocycles. The Kier molecular flexibility index (Phi) is 5.88. The first-order chi connectivity index (χ1) is 14.0. The molecule has 1 aliphatic heterocycles. The molecule has 0 N–H and O–H groups in total. The highest BCUT2D eigenvalue weighted by atomic mass is 19.1. The van der Waals surface area contributed by atoms with Gasteiger partial charge in [-0.3, -0.25) is 9.48 Å². The third kappa shape index (κ3) is 4.46. The molecule has 1 aromatic heterocycles. The van der Waals surface area contributed by atoms with Gasteiger partial charge >= 0.3 is 0 Å². The molecular weight excluding hydrogens is 367 g/mol. The minimum atomic E-state index is -0.232. The molecule has 1 aliphatic carbocycles. The molecule has 0 spiro atoms. The molecule has 2 aliphatic rings. The van der Waals surface area contributed by atoms with Crippen LogP contribution in [0.15, 0.2) is 24.3 Å². The summed E-state index contributed by atoms with van der Waals surface area (Å²) in [5.74, 6) is 1.58. The fraction of sp³-hybridized carbons (Fsp3) is 0.565. The number of amides is 1. The van der Waals surface area contributed by atoms with Crippen molar-refractivity contribution >= 4 is 11.7 Å². The van der Waals surface area contributed by atoms with Crippen LogP contribution in [0.1, 0.15) is 55.3 Å². The number of hydrogen-bond acceptors (Lipinski definition) is 3. The van der Waals surface area contributed by atoms with Crippen molar-refractivity contribution in [3.8, 4) is 0 Å². The predicted octanol–water partition coefficient (Wildman–Crippen LogP) is 3.99. The van der Waals surface area contributed by atoms with Gasteiger partial charge in [-0.2, -0.15) is 5.10 Å². The van der Waals surface area contributed by atoms with Gasteiger partial charge in [0, 0.05) is 32.6 Å². The minimum absolute atomic E-state index is 0.232. The predicted molar refractivity (Wildman–Crippen MR) is 112 cm³/mol.